The Labute approximate surface area is 102 Å². The molecule has 0 aliphatic heterocycles. The molecule has 1 rings (SSSR count). The van der Waals surface area contributed by atoms with Gasteiger partial charge in [0, 0.05) is 18.8 Å². The summed E-state index contributed by atoms with van der Waals surface area (Å²) in [4.78, 5) is 40.1. The number of hydrogen-bond donors (Lipinski definition) is 3. The second kappa shape index (κ2) is 6.28. The van der Waals surface area contributed by atoms with Crippen molar-refractivity contribution >= 4 is 17.8 Å². The lowest BCUT2D eigenvalue weighted by Crippen LogP contribution is -2.41. The number of hydrogen-bond acceptors (Lipinski definition) is 5. The van der Waals surface area contributed by atoms with Crippen molar-refractivity contribution in [3.8, 4) is 0 Å². The van der Waals surface area contributed by atoms with Gasteiger partial charge in [0.15, 0.2) is 0 Å². The number of aliphatic carboxylic acids is 2. The molecule has 1 aromatic rings. The Morgan fingerprint density at radius 1 is 1.28 bits per heavy atom. The van der Waals surface area contributed by atoms with E-state index < -0.39 is 23.9 Å². The van der Waals surface area contributed by atoms with Gasteiger partial charge in [0.1, 0.15) is 11.7 Å². The minimum absolute atomic E-state index is 0.0286. The predicted octanol–water partition coefficient (Wildman–Crippen LogP) is -0.476. The van der Waals surface area contributed by atoms with Crippen molar-refractivity contribution < 1.29 is 24.6 Å². The standard InChI is InChI=1S/C10H11N3O5/c14-8(15)2-1-6(10(17)18)13-9(16)7-5-11-3-4-12-7/h3-6H,1-2H2,(H,13,16)(H,14,15)(H,17,18)/t6-/m0/s1. The van der Waals surface area contributed by atoms with Crippen molar-refractivity contribution in [2.45, 2.75) is 18.9 Å². The highest BCUT2D eigenvalue weighted by atomic mass is 16.4. The van der Waals surface area contributed by atoms with E-state index in [0.717, 1.165) is 0 Å². The van der Waals surface area contributed by atoms with Crippen LogP contribution >= 0.6 is 0 Å². The number of amides is 1. The van der Waals surface area contributed by atoms with E-state index in [1.807, 2.05) is 0 Å². The van der Waals surface area contributed by atoms with Crippen LogP contribution in [0.4, 0.5) is 0 Å². The quantitative estimate of drug-likeness (QED) is 0.624. The first kappa shape index (κ1) is 13.6. The minimum atomic E-state index is -1.30. The van der Waals surface area contributed by atoms with Crippen LogP contribution in [0.25, 0.3) is 0 Å². The van der Waals surface area contributed by atoms with Crippen LogP contribution in [-0.2, 0) is 9.59 Å². The lowest BCUT2D eigenvalue weighted by atomic mass is 10.1. The summed E-state index contributed by atoms with van der Waals surface area (Å²) < 4.78 is 0. The Morgan fingerprint density at radius 3 is 2.50 bits per heavy atom. The van der Waals surface area contributed by atoms with E-state index in [-0.39, 0.29) is 18.5 Å². The molecule has 18 heavy (non-hydrogen) atoms. The van der Waals surface area contributed by atoms with Crippen molar-refractivity contribution in [2.24, 2.45) is 0 Å². The lowest BCUT2D eigenvalue weighted by Gasteiger charge is -2.12. The third-order valence-electron chi connectivity index (χ3n) is 2.05. The highest BCUT2D eigenvalue weighted by Crippen LogP contribution is 2.00. The average molecular weight is 253 g/mol. The molecule has 8 nitrogen and oxygen atoms in total. The van der Waals surface area contributed by atoms with E-state index in [0.29, 0.717) is 0 Å². The monoisotopic (exact) mass is 253 g/mol. The van der Waals surface area contributed by atoms with Gasteiger partial charge in [0.25, 0.3) is 5.91 Å². The molecule has 0 saturated carbocycles. The second-order valence-electron chi connectivity index (χ2n) is 3.39. The number of carboxylic acids is 2. The first-order chi connectivity index (χ1) is 8.50. The summed E-state index contributed by atoms with van der Waals surface area (Å²) in [5.74, 6) is -3.13. The number of carbonyl (C=O) groups is 3. The topological polar surface area (TPSA) is 129 Å². The maximum atomic E-state index is 11.6. The molecule has 0 aliphatic carbocycles. The molecule has 1 heterocycles. The molecule has 0 aliphatic rings. The van der Waals surface area contributed by atoms with Crippen LogP contribution in [0.1, 0.15) is 23.3 Å². The summed E-state index contributed by atoms with van der Waals surface area (Å²) in [6.45, 7) is 0. The molecular formula is C10H11N3O5. The van der Waals surface area contributed by atoms with Gasteiger partial charge < -0.3 is 15.5 Å². The van der Waals surface area contributed by atoms with Crippen molar-refractivity contribution in [1.29, 1.82) is 0 Å². The summed E-state index contributed by atoms with van der Waals surface area (Å²) in [6.07, 6.45) is 3.30. The van der Waals surface area contributed by atoms with E-state index in [4.69, 9.17) is 10.2 Å². The first-order valence-corrected chi connectivity index (χ1v) is 5.02. The molecule has 0 aromatic carbocycles. The second-order valence-corrected chi connectivity index (χ2v) is 3.39. The smallest absolute Gasteiger partial charge is 0.326 e. The van der Waals surface area contributed by atoms with Gasteiger partial charge in [0.05, 0.1) is 6.20 Å². The molecule has 0 radical (unpaired) electrons. The van der Waals surface area contributed by atoms with Gasteiger partial charge in [-0.15, -0.1) is 0 Å². The molecule has 0 spiro atoms. The molecule has 8 heteroatoms. The molecule has 1 aromatic heterocycles. The van der Waals surface area contributed by atoms with Crippen LogP contribution < -0.4 is 5.32 Å². The molecular weight excluding hydrogens is 242 g/mol. The predicted molar refractivity (Wildman–Crippen MR) is 57.8 cm³/mol. The van der Waals surface area contributed by atoms with Crippen LogP contribution in [0, 0.1) is 0 Å². The van der Waals surface area contributed by atoms with Gasteiger partial charge in [-0.25, -0.2) is 9.78 Å². The van der Waals surface area contributed by atoms with E-state index in [1.165, 1.54) is 18.6 Å². The summed E-state index contributed by atoms with van der Waals surface area (Å²) in [6, 6.07) is -1.27. The number of rotatable bonds is 6. The number of aromatic nitrogens is 2. The summed E-state index contributed by atoms with van der Waals surface area (Å²) in [7, 11) is 0. The van der Waals surface area contributed by atoms with Gasteiger partial charge >= 0.3 is 11.9 Å². The van der Waals surface area contributed by atoms with Crippen LogP contribution in [-0.4, -0.2) is 44.1 Å². The van der Waals surface area contributed by atoms with E-state index in [9.17, 15) is 14.4 Å². The van der Waals surface area contributed by atoms with Gasteiger partial charge in [-0.05, 0) is 6.42 Å². The Bertz CT molecular complexity index is 448. The molecule has 0 bridgehead atoms. The molecule has 0 saturated heterocycles. The van der Waals surface area contributed by atoms with Crippen LogP contribution in [0.2, 0.25) is 0 Å². The van der Waals surface area contributed by atoms with Crippen molar-refractivity contribution in [2.75, 3.05) is 0 Å². The normalized spacial score (nSPS) is 11.6. The average Bonchev–Trinajstić information content (AvgIpc) is 2.34. The fourth-order valence-corrected chi connectivity index (χ4v) is 1.17. The van der Waals surface area contributed by atoms with Crippen LogP contribution in [0.3, 0.4) is 0 Å². The largest absolute Gasteiger partial charge is 0.481 e. The van der Waals surface area contributed by atoms with Crippen molar-refractivity contribution in [1.82, 2.24) is 15.3 Å². The highest BCUT2D eigenvalue weighted by molar-refractivity contribution is 5.94. The molecule has 96 valence electrons. The fraction of sp³-hybridized carbons (Fsp3) is 0.300. The van der Waals surface area contributed by atoms with Crippen molar-refractivity contribution in [3.63, 3.8) is 0 Å². The maximum absolute atomic E-state index is 11.6. The van der Waals surface area contributed by atoms with E-state index in [1.54, 1.807) is 0 Å². The number of carboxylic acid groups (broad SMARTS) is 2. The van der Waals surface area contributed by atoms with Crippen LogP contribution in [0.5, 0.6) is 0 Å². The SMILES string of the molecule is O=C(O)CC[C@H](NC(=O)c1cnccn1)C(=O)O. The number of nitrogens with one attached hydrogen (secondary N) is 1. The molecule has 3 N–H and O–H groups in total. The Hall–Kier alpha value is -2.51. The maximum Gasteiger partial charge on any atom is 0.326 e. The van der Waals surface area contributed by atoms with Gasteiger partial charge in [-0.2, -0.15) is 0 Å². The molecule has 1 atom stereocenters. The van der Waals surface area contributed by atoms with E-state index >= 15 is 0 Å². The molecule has 1 amide bonds. The number of nitrogens with zero attached hydrogens (tertiary/aromatic N) is 2. The molecule has 0 unspecified atom stereocenters. The van der Waals surface area contributed by atoms with Gasteiger partial charge in [-0.1, -0.05) is 0 Å². The minimum Gasteiger partial charge on any atom is -0.481 e. The third-order valence-corrected chi connectivity index (χ3v) is 2.05. The summed E-state index contributed by atoms with van der Waals surface area (Å²) in [5.41, 5.74) is -0.0286. The Kier molecular flexibility index (Phi) is 4.73. The van der Waals surface area contributed by atoms with Gasteiger partial charge in [-0.3, -0.25) is 14.6 Å². The zero-order valence-electron chi connectivity index (χ0n) is 9.24. The lowest BCUT2D eigenvalue weighted by molar-refractivity contribution is -0.140. The van der Waals surface area contributed by atoms with E-state index in [2.05, 4.69) is 15.3 Å². The fourth-order valence-electron chi connectivity index (χ4n) is 1.17. The Balaban J connectivity index is 2.64. The summed E-state index contributed by atoms with van der Waals surface area (Å²) in [5, 5.41) is 19.5. The summed E-state index contributed by atoms with van der Waals surface area (Å²) >= 11 is 0. The highest BCUT2D eigenvalue weighted by Gasteiger charge is 2.22. The Morgan fingerprint density at radius 2 is 2.00 bits per heavy atom. The third kappa shape index (κ3) is 4.16. The van der Waals surface area contributed by atoms with Crippen molar-refractivity contribution in [3.05, 3.63) is 24.3 Å². The molecule has 0 fully saturated rings. The number of carbonyl (C=O) groups excluding carboxylic acids is 1. The zero-order valence-corrected chi connectivity index (χ0v) is 9.24. The van der Waals surface area contributed by atoms with Gasteiger partial charge in [0.2, 0.25) is 0 Å². The zero-order chi connectivity index (χ0) is 13.5. The van der Waals surface area contributed by atoms with Crippen LogP contribution in [0.15, 0.2) is 18.6 Å². The first-order valence-electron chi connectivity index (χ1n) is 5.02.